The molecule has 7 heteroatoms. The first-order valence-electron chi connectivity index (χ1n) is 8.67. The number of hydrogen-bond donors (Lipinski definition) is 3. The van der Waals surface area contributed by atoms with Gasteiger partial charge in [-0.3, -0.25) is 9.59 Å². The van der Waals surface area contributed by atoms with Gasteiger partial charge in [0.05, 0.1) is 17.0 Å². The summed E-state index contributed by atoms with van der Waals surface area (Å²) in [5, 5.41) is 9.17. The maximum atomic E-state index is 12.5. The summed E-state index contributed by atoms with van der Waals surface area (Å²) < 4.78 is 0. The Hall–Kier alpha value is -2.57. The Labute approximate surface area is 145 Å². The minimum absolute atomic E-state index is 0.0228. The highest BCUT2D eigenvalue weighted by Gasteiger charge is 2.32. The molecule has 1 aliphatic heterocycles. The molecule has 25 heavy (non-hydrogen) atoms. The number of aromatic nitrogens is 2. The lowest BCUT2D eigenvalue weighted by molar-refractivity contribution is -0.147. The molecule has 3 rings (SSSR count). The van der Waals surface area contributed by atoms with Crippen molar-refractivity contribution in [1.29, 1.82) is 0 Å². The molecule has 1 saturated heterocycles. The summed E-state index contributed by atoms with van der Waals surface area (Å²) in [6, 6.07) is 5.82. The van der Waals surface area contributed by atoms with E-state index in [1.807, 2.05) is 25.1 Å². The highest BCUT2D eigenvalue weighted by molar-refractivity contribution is 5.78. The molecule has 0 saturated carbocycles. The SMILES string of the molecule is CC1CCC(C(=O)O)CN1C(=O)CCCc1ccc2[nH]c(=O)[nH]c2c1. The van der Waals surface area contributed by atoms with Crippen molar-refractivity contribution in [3.8, 4) is 0 Å². The Bertz CT molecular complexity index is 838. The molecule has 1 aromatic heterocycles. The average molecular weight is 345 g/mol. The van der Waals surface area contributed by atoms with Crippen molar-refractivity contribution in [2.45, 2.75) is 45.1 Å². The molecule has 1 fully saturated rings. The summed E-state index contributed by atoms with van der Waals surface area (Å²) in [5.74, 6) is -1.25. The Morgan fingerprint density at radius 1 is 1.24 bits per heavy atom. The van der Waals surface area contributed by atoms with Crippen LogP contribution in [-0.4, -0.2) is 44.4 Å². The maximum absolute atomic E-state index is 12.5. The first-order valence-corrected chi connectivity index (χ1v) is 8.67. The molecule has 134 valence electrons. The molecule has 1 aromatic carbocycles. The number of hydrogen-bond acceptors (Lipinski definition) is 3. The van der Waals surface area contributed by atoms with Gasteiger partial charge in [-0.15, -0.1) is 0 Å². The molecule has 2 aromatic rings. The Morgan fingerprint density at radius 3 is 2.76 bits per heavy atom. The lowest BCUT2D eigenvalue weighted by atomic mass is 9.93. The quantitative estimate of drug-likeness (QED) is 0.769. The van der Waals surface area contributed by atoms with Gasteiger partial charge in [0.1, 0.15) is 0 Å². The van der Waals surface area contributed by atoms with E-state index in [9.17, 15) is 19.5 Å². The topological polar surface area (TPSA) is 106 Å². The summed E-state index contributed by atoms with van der Waals surface area (Å²) in [5.41, 5.74) is 2.37. The second kappa shape index (κ2) is 7.13. The number of carboxylic acid groups (broad SMARTS) is 1. The normalized spacial score (nSPS) is 20.8. The molecule has 3 N–H and O–H groups in total. The molecule has 2 unspecified atom stereocenters. The number of nitrogens with zero attached hydrogens (tertiary/aromatic N) is 1. The van der Waals surface area contributed by atoms with E-state index in [2.05, 4.69) is 9.97 Å². The van der Waals surface area contributed by atoms with E-state index in [4.69, 9.17) is 0 Å². The van der Waals surface area contributed by atoms with E-state index in [0.29, 0.717) is 25.8 Å². The third-order valence-electron chi connectivity index (χ3n) is 4.99. The number of H-pyrrole nitrogens is 2. The van der Waals surface area contributed by atoms with Gasteiger partial charge in [0, 0.05) is 19.0 Å². The van der Waals surface area contributed by atoms with Gasteiger partial charge in [0.15, 0.2) is 0 Å². The zero-order chi connectivity index (χ0) is 18.0. The Balaban J connectivity index is 1.55. The van der Waals surface area contributed by atoms with Crippen LogP contribution in [0.25, 0.3) is 11.0 Å². The molecule has 1 amide bonds. The predicted octanol–water partition coefficient (Wildman–Crippen LogP) is 1.89. The molecule has 0 aliphatic carbocycles. The van der Waals surface area contributed by atoms with E-state index >= 15 is 0 Å². The van der Waals surface area contributed by atoms with Crippen molar-refractivity contribution in [3.05, 3.63) is 34.2 Å². The van der Waals surface area contributed by atoms with Gasteiger partial charge in [-0.2, -0.15) is 0 Å². The van der Waals surface area contributed by atoms with Gasteiger partial charge >= 0.3 is 11.7 Å². The summed E-state index contributed by atoms with van der Waals surface area (Å²) in [4.78, 5) is 42.1. The van der Waals surface area contributed by atoms with Gasteiger partial charge in [-0.05, 0) is 50.3 Å². The molecular formula is C18H23N3O4. The van der Waals surface area contributed by atoms with Crippen LogP contribution in [-0.2, 0) is 16.0 Å². The van der Waals surface area contributed by atoms with Crippen molar-refractivity contribution in [2.75, 3.05) is 6.54 Å². The van der Waals surface area contributed by atoms with E-state index in [1.54, 1.807) is 4.90 Å². The summed E-state index contributed by atoms with van der Waals surface area (Å²) in [6.45, 7) is 2.29. The standard InChI is InChI=1S/C18H23N3O4/c1-11-5-7-13(17(23)24)10-21(11)16(22)4-2-3-12-6-8-14-15(9-12)20-18(25)19-14/h6,8-9,11,13H,2-5,7,10H2,1H3,(H,23,24)(H2,19,20,25). The van der Waals surface area contributed by atoms with Crippen LogP contribution >= 0.6 is 0 Å². The first-order chi connectivity index (χ1) is 11.9. The van der Waals surface area contributed by atoms with Crippen LogP contribution < -0.4 is 5.69 Å². The zero-order valence-corrected chi connectivity index (χ0v) is 14.2. The van der Waals surface area contributed by atoms with Gasteiger partial charge in [0.25, 0.3) is 0 Å². The summed E-state index contributed by atoms with van der Waals surface area (Å²) in [7, 11) is 0. The van der Waals surface area contributed by atoms with Crippen molar-refractivity contribution >= 4 is 22.9 Å². The lowest BCUT2D eigenvalue weighted by Gasteiger charge is -2.36. The second-order valence-corrected chi connectivity index (χ2v) is 6.82. The number of carbonyl (C=O) groups is 2. The number of rotatable bonds is 5. The lowest BCUT2D eigenvalue weighted by Crippen LogP contribution is -2.47. The Morgan fingerprint density at radius 2 is 2.00 bits per heavy atom. The number of imidazole rings is 1. The van der Waals surface area contributed by atoms with Crippen molar-refractivity contribution in [1.82, 2.24) is 14.9 Å². The largest absolute Gasteiger partial charge is 0.481 e. The molecule has 7 nitrogen and oxygen atoms in total. The first kappa shape index (κ1) is 17.3. The number of aromatic amines is 2. The predicted molar refractivity (Wildman–Crippen MR) is 93.4 cm³/mol. The smallest absolute Gasteiger partial charge is 0.323 e. The number of fused-ring (bicyclic) bond motifs is 1. The van der Waals surface area contributed by atoms with Gasteiger partial charge in [0.2, 0.25) is 5.91 Å². The van der Waals surface area contributed by atoms with E-state index in [-0.39, 0.29) is 17.6 Å². The third-order valence-corrected chi connectivity index (χ3v) is 4.99. The molecule has 0 bridgehead atoms. The maximum Gasteiger partial charge on any atom is 0.323 e. The second-order valence-electron chi connectivity index (χ2n) is 6.82. The number of carboxylic acids is 1. The molecule has 0 radical (unpaired) electrons. The van der Waals surface area contributed by atoms with Crippen molar-refractivity contribution < 1.29 is 14.7 Å². The van der Waals surface area contributed by atoms with E-state index in [1.165, 1.54) is 0 Å². The van der Waals surface area contributed by atoms with E-state index in [0.717, 1.165) is 29.4 Å². The summed E-state index contributed by atoms with van der Waals surface area (Å²) >= 11 is 0. The minimum Gasteiger partial charge on any atom is -0.481 e. The van der Waals surface area contributed by atoms with Crippen LogP contribution in [0.2, 0.25) is 0 Å². The van der Waals surface area contributed by atoms with Crippen molar-refractivity contribution in [2.24, 2.45) is 5.92 Å². The minimum atomic E-state index is -0.821. The number of aryl methyl sites for hydroxylation is 1. The van der Waals surface area contributed by atoms with E-state index < -0.39 is 11.9 Å². The van der Waals surface area contributed by atoms with Gasteiger partial charge < -0.3 is 20.0 Å². The van der Waals surface area contributed by atoms with Crippen LogP contribution in [0.4, 0.5) is 0 Å². The Kier molecular flexibility index (Phi) is 4.92. The van der Waals surface area contributed by atoms with Gasteiger partial charge in [-0.1, -0.05) is 6.07 Å². The number of piperidine rings is 1. The molecular weight excluding hydrogens is 322 g/mol. The third kappa shape index (κ3) is 3.92. The van der Waals surface area contributed by atoms with Crippen LogP contribution in [0.15, 0.2) is 23.0 Å². The van der Waals surface area contributed by atoms with Crippen LogP contribution in [0.3, 0.4) is 0 Å². The van der Waals surface area contributed by atoms with Crippen LogP contribution in [0.1, 0.15) is 38.2 Å². The average Bonchev–Trinajstić information content (AvgIpc) is 2.94. The molecule has 1 aliphatic rings. The van der Waals surface area contributed by atoms with Crippen molar-refractivity contribution in [3.63, 3.8) is 0 Å². The number of likely N-dealkylation sites (tertiary alicyclic amines) is 1. The monoisotopic (exact) mass is 345 g/mol. The molecule has 0 spiro atoms. The fourth-order valence-corrected chi connectivity index (χ4v) is 3.48. The molecule has 2 heterocycles. The number of aliphatic carboxylic acids is 1. The molecule has 2 atom stereocenters. The zero-order valence-electron chi connectivity index (χ0n) is 14.2. The highest BCUT2D eigenvalue weighted by Crippen LogP contribution is 2.23. The fourth-order valence-electron chi connectivity index (χ4n) is 3.48. The fraction of sp³-hybridized carbons (Fsp3) is 0.500. The number of carbonyl (C=O) groups excluding carboxylic acids is 1. The number of benzene rings is 1. The van der Waals surface area contributed by atoms with Crippen LogP contribution in [0.5, 0.6) is 0 Å². The summed E-state index contributed by atoms with van der Waals surface area (Å²) in [6.07, 6.45) is 3.20. The van der Waals surface area contributed by atoms with Crippen LogP contribution in [0, 0.1) is 5.92 Å². The van der Waals surface area contributed by atoms with Gasteiger partial charge in [-0.25, -0.2) is 4.79 Å². The number of nitrogens with one attached hydrogen (secondary N) is 2. The highest BCUT2D eigenvalue weighted by atomic mass is 16.4. The number of amides is 1.